The zero-order valence-electron chi connectivity index (χ0n) is 18.1. The molecule has 1 saturated heterocycles. The van der Waals surface area contributed by atoms with Crippen LogP contribution in [-0.4, -0.2) is 45.4 Å². The monoisotopic (exact) mass is 482 g/mol. The molecule has 1 aliphatic heterocycles. The second kappa shape index (κ2) is 9.72. The van der Waals surface area contributed by atoms with Crippen LogP contribution in [-0.2, 0) is 19.2 Å². The second-order valence-electron chi connectivity index (χ2n) is 7.51. The number of aryl methyl sites for hydroxylation is 1. The van der Waals surface area contributed by atoms with Crippen LogP contribution in [0.3, 0.4) is 0 Å². The maximum atomic E-state index is 13.1. The summed E-state index contributed by atoms with van der Waals surface area (Å²) in [5, 5.41) is 1.01. The first kappa shape index (κ1) is 22.9. The number of aromatic nitrogens is 1. The van der Waals surface area contributed by atoms with E-state index in [1.807, 2.05) is 31.2 Å². The highest BCUT2D eigenvalue weighted by molar-refractivity contribution is 8.01. The van der Waals surface area contributed by atoms with Crippen molar-refractivity contribution in [2.45, 2.75) is 37.1 Å². The number of thioether (sulfide) groups is 1. The molecule has 1 unspecified atom stereocenters. The first-order valence-corrected chi connectivity index (χ1v) is 12.2. The molecule has 2 aromatic carbocycles. The summed E-state index contributed by atoms with van der Waals surface area (Å²) < 4.78 is 1.76. The number of anilines is 1. The lowest BCUT2D eigenvalue weighted by Crippen LogP contribution is -2.55. The lowest BCUT2D eigenvalue weighted by molar-refractivity contribution is -0.146. The van der Waals surface area contributed by atoms with Crippen LogP contribution in [0.1, 0.15) is 25.3 Å². The molecule has 4 rings (SSSR count). The van der Waals surface area contributed by atoms with Gasteiger partial charge in [0.15, 0.2) is 4.34 Å². The lowest BCUT2D eigenvalue weighted by atomic mass is 10.2. The first-order valence-electron chi connectivity index (χ1n) is 10.4. The summed E-state index contributed by atoms with van der Waals surface area (Å²) in [6.07, 6.45) is -0.114. The number of imide groups is 1. The summed E-state index contributed by atoms with van der Waals surface area (Å²) in [5.74, 6) is -1.82. The Hall–Kier alpha value is -3.24. The summed E-state index contributed by atoms with van der Waals surface area (Å²) in [5.41, 5.74) is 4.85. The average Bonchev–Trinajstić information content (AvgIpc) is 3.36. The van der Waals surface area contributed by atoms with Gasteiger partial charge in [0.25, 0.3) is 5.91 Å². The lowest BCUT2D eigenvalue weighted by Gasteiger charge is -2.27. The van der Waals surface area contributed by atoms with Crippen LogP contribution in [0, 0.1) is 6.92 Å². The molecule has 1 fully saturated rings. The Morgan fingerprint density at radius 3 is 2.61 bits per heavy atom. The van der Waals surface area contributed by atoms with Gasteiger partial charge in [-0.15, -0.1) is 11.3 Å². The number of rotatable bonds is 6. The molecule has 1 aliphatic rings. The number of fused-ring (bicyclic) bond motifs is 1. The molecular formula is C23H22N4O4S2. The van der Waals surface area contributed by atoms with Gasteiger partial charge < -0.3 is 0 Å². The number of benzene rings is 2. The Kier molecular flexibility index (Phi) is 6.75. The number of hydrogen-bond acceptors (Lipinski definition) is 7. The maximum absolute atomic E-state index is 13.1. The molecule has 33 heavy (non-hydrogen) atoms. The standard InChI is InChI=1S/C23H22N4O4S2/c1-3-20(29)27(17-12-21(30)26(22(17)31)15-10-8-14(2)9-11-15)25-19(28)13-32-23-24-16-6-4-5-7-18(16)33-23/h4-11,17H,3,12-13H2,1-2H3,(H,25,28). The van der Waals surface area contributed by atoms with Gasteiger partial charge in [-0.2, -0.15) is 0 Å². The van der Waals surface area contributed by atoms with E-state index in [2.05, 4.69) is 10.4 Å². The molecule has 10 heteroatoms. The van der Waals surface area contributed by atoms with E-state index in [0.717, 1.165) is 30.0 Å². The fourth-order valence-electron chi connectivity index (χ4n) is 3.47. The highest BCUT2D eigenvalue weighted by Crippen LogP contribution is 2.29. The van der Waals surface area contributed by atoms with Crippen LogP contribution in [0.5, 0.6) is 0 Å². The SMILES string of the molecule is CCC(=O)N(NC(=O)CSc1nc2ccccc2s1)C1CC(=O)N(c2ccc(C)cc2)C1=O. The summed E-state index contributed by atoms with van der Waals surface area (Å²) in [4.78, 5) is 56.5. The van der Waals surface area contributed by atoms with Crippen LogP contribution >= 0.6 is 23.1 Å². The normalized spacial score (nSPS) is 15.8. The van der Waals surface area contributed by atoms with Crippen molar-refractivity contribution >= 4 is 62.6 Å². The first-order chi connectivity index (χ1) is 15.9. The van der Waals surface area contributed by atoms with Gasteiger partial charge in [-0.05, 0) is 31.2 Å². The van der Waals surface area contributed by atoms with Crippen LogP contribution in [0.2, 0.25) is 0 Å². The van der Waals surface area contributed by atoms with Crippen molar-refractivity contribution in [3.05, 3.63) is 54.1 Å². The fraction of sp³-hybridized carbons (Fsp3) is 0.261. The Labute approximate surface area is 198 Å². The average molecular weight is 483 g/mol. The Balaban J connectivity index is 1.45. The van der Waals surface area contributed by atoms with Gasteiger partial charge in [-0.25, -0.2) is 14.9 Å². The Bertz CT molecular complexity index is 1190. The summed E-state index contributed by atoms with van der Waals surface area (Å²) in [7, 11) is 0. The van der Waals surface area contributed by atoms with Crippen molar-refractivity contribution in [3.63, 3.8) is 0 Å². The molecule has 0 saturated carbocycles. The summed E-state index contributed by atoms with van der Waals surface area (Å²) in [6.45, 7) is 3.54. The highest BCUT2D eigenvalue weighted by Gasteiger charge is 2.45. The second-order valence-corrected chi connectivity index (χ2v) is 9.76. The minimum Gasteiger partial charge on any atom is -0.274 e. The number of amides is 4. The molecule has 0 bridgehead atoms. The minimum atomic E-state index is -1.08. The number of nitrogens with zero attached hydrogens (tertiary/aromatic N) is 3. The van der Waals surface area contributed by atoms with E-state index in [4.69, 9.17) is 0 Å². The van der Waals surface area contributed by atoms with Crippen LogP contribution in [0.15, 0.2) is 52.9 Å². The van der Waals surface area contributed by atoms with Crippen LogP contribution in [0.4, 0.5) is 5.69 Å². The van der Waals surface area contributed by atoms with Crippen molar-refractivity contribution in [1.29, 1.82) is 0 Å². The molecule has 170 valence electrons. The van der Waals surface area contributed by atoms with Gasteiger partial charge in [0.1, 0.15) is 6.04 Å². The van der Waals surface area contributed by atoms with Gasteiger partial charge in [0, 0.05) is 6.42 Å². The van der Waals surface area contributed by atoms with Crippen molar-refractivity contribution in [1.82, 2.24) is 15.4 Å². The predicted molar refractivity (Wildman–Crippen MR) is 128 cm³/mol. The summed E-state index contributed by atoms with van der Waals surface area (Å²) in [6, 6.07) is 13.6. The number of nitrogens with one attached hydrogen (secondary N) is 1. The Morgan fingerprint density at radius 2 is 1.91 bits per heavy atom. The quantitative estimate of drug-likeness (QED) is 0.329. The highest BCUT2D eigenvalue weighted by atomic mass is 32.2. The van der Waals surface area contributed by atoms with Crippen molar-refractivity contribution in [3.8, 4) is 0 Å². The number of carbonyl (C=O) groups excluding carboxylic acids is 4. The van der Waals surface area contributed by atoms with Crippen LogP contribution < -0.4 is 10.3 Å². The van der Waals surface area contributed by atoms with E-state index in [9.17, 15) is 19.2 Å². The van der Waals surface area contributed by atoms with Crippen molar-refractivity contribution in [2.24, 2.45) is 0 Å². The topological polar surface area (TPSA) is 99.7 Å². The van der Waals surface area contributed by atoms with Gasteiger partial charge in [-0.3, -0.25) is 24.6 Å². The number of para-hydroxylation sites is 1. The molecular weight excluding hydrogens is 460 g/mol. The van der Waals surface area contributed by atoms with Gasteiger partial charge in [-0.1, -0.05) is 48.5 Å². The smallest absolute Gasteiger partial charge is 0.259 e. The third-order valence-electron chi connectivity index (χ3n) is 5.14. The van der Waals surface area contributed by atoms with E-state index >= 15 is 0 Å². The number of hydrazine groups is 1. The van der Waals surface area contributed by atoms with Gasteiger partial charge in [0.2, 0.25) is 17.7 Å². The molecule has 1 N–H and O–H groups in total. The molecule has 3 aromatic rings. The molecule has 1 aromatic heterocycles. The maximum Gasteiger partial charge on any atom is 0.259 e. The molecule has 2 heterocycles. The van der Waals surface area contributed by atoms with E-state index in [0.29, 0.717) is 5.69 Å². The molecule has 8 nitrogen and oxygen atoms in total. The van der Waals surface area contributed by atoms with Crippen molar-refractivity contribution < 1.29 is 19.2 Å². The predicted octanol–water partition coefficient (Wildman–Crippen LogP) is 3.30. The molecule has 0 aliphatic carbocycles. The molecule has 0 radical (unpaired) electrons. The zero-order valence-corrected chi connectivity index (χ0v) is 19.7. The fourth-order valence-corrected chi connectivity index (χ4v) is 5.33. The van der Waals surface area contributed by atoms with Crippen molar-refractivity contribution in [2.75, 3.05) is 10.7 Å². The number of hydrogen-bond donors (Lipinski definition) is 1. The zero-order chi connectivity index (χ0) is 23.5. The third-order valence-corrected chi connectivity index (χ3v) is 7.32. The van der Waals surface area contributed by atoms with E-state index in [1.54, 1.807) is 31.2 Å². The van der Waals surface area contributed by atoms with E-state index < -0.39 is 29.7 Å². The molecule has 4 amide bonds. The van der Waals surface area contributed by atoms with Gasteiger partial charge in [0.05, 0.1) is 28.1 Å². The minimum absolute atomic E-state index is 0.0177. The Morgan fingerprint density at radius 1 is 1.18 bits per heavy atom. The number of carbonyl (C=O) groups is 4. The van der Waals surface area contributed by atoms with E-state index in [1.165, 1.54) is 23.1 Å². The molecule has 0 spiro atoms. The third kappa shape index (κ3) is 4.91. The largest absolute Gasteiger partial charge is 0.274 e. The molecule has 1 atom stereocenters. The summed E-state index contributed by atoms with van der Waals surface area (Å²) >= 11 is 2.73. The van der Waals surface area contributed by atoms with Gasteiger partial charge >= 0.3 is 0 Å². The number of thiazole rings is 1. The van der Waals surface area contributed by atoms with E-state index in [-0.39, 0.29) is 18.6 Å². The van der Waals surface area contributed by atoms with Crippen LogP contribution in [0.25, 0.3) is 10.2 Å².